The summed E-state index contributed by atoms with van der Waals surface area (Å²) in [5.41, 5.74) is 2.55. The molecule has 3 heteroatoms. The van der Waals surface area contributed by atoms with Gasteiger partial charge in [-0.15, -0.1) is 0 Å². The van der Waals surface area contributed by atoms with Crippen molar-refractivity contribution in [2.24, 2.45) is 0 Å². The summed E-state index contributed by atoms with van der Waals surface area (Å²) in [7, 11) is 0. The van der Waals surface area contributed by atoms with Gasteiger partial charge >= 0.3 is 0 Å². The number of nitrogens with zero attached hydrogens (tertiary/aromatic N) is 1. The predicted octanol–water partition coefficient (Wildman–Crippen LogP) is 2.84. The van der Waals surface area contributed by atoms with Crippen molar-refractivity contribution < 1.29 is 4.39 Å². The van der Waals surface area contributed by atoms with Crippen LogP contribution >= 0.6 is 0 Å². The molecular weight excluding hydrogens is 263 g/mol. The average molecular weight is 284 g/mol. The lowest BCUT2D eigenvalue weighted by Gasteiger charge is -2.33. The van der Waals surface area contributed by atoms with Gasteiger partial charge in [0, 0.05) is 32.2 Å². The Kier molecular flexibility index (Phi) is 4.63. The quantitative estimate of drug-likeness (QED) is 0.929. The molecule has 0 bridgehead atoms. The van der Waals surface area contributed by atoms with Gasteiger partial charge < -0.3 is 5.32 Å². The summed E-state index contributed by atoms with van der Waals surface area (Å²) in [6, 6.07) is 17.9. The minimum absolute atomic E-state index is 0.166. The van der Waals surface area contributed by atoms with E-state index >= 15 is 0 Å². The summed E-state index contributed by atoms with van der Waals surface area (Å²) >= 11 is 0. The van der Waals surface area contributed by atoms with Crippen LogP contribution in [0.15, 0.2) is 54.6 Å². The highest BCUT2D eigenvalue weighted by Gasteiger charge is 2.19. The third-order valence-electron chi connectivity index (χ3n) is 3.98. The SMILES string of the molecule is Fc1ccc(C[C@@H]2CN(Cc3ccccc3)CCN2)cc1. The smallest absolute Gasteiger partial charge is 0.123 e. The number of hydrogen-bond donors (Lipinski definition) is 1. The molecule has 0 aliphatic carbocycles. The van der Waals surface area contributed by atoms with Crippen LogP contribution < -0.4 is 5.32 Å². The van der Waals surface area contributed by atoms with Crippen LogP contribution in [0.5, 0.6) is 0 Å². The van der Waals surface area contributed by atoms with Gasteiger partial charge in [0.25, 0.3) is 0 Å². The fraction of sp³-hybridized carbons (Fsp3) is 0.333. The molecule has 1 fully saturated rings. The minimum atomic E-state index is -0.166. The second kappa shape index (κ2) is 6.83. The number of halogens is 1. The molecule has 0 unspecified atom stereocenters. The minimum Gasteiger partial charge on any atom is -0.311 e. The molecule has 21 heavy (non-hydrogen) atoms. The molecule has 1 aliphatic heterocycles. The van der Waals surface area contributed by atoms with Crippen LogP contribution in [0.1, 0.15) is 11.1 Å². The fourth-order valence-electron chi connectivity index (χ4n) is 2.92. The molecule has 0 saturated carbocycles. The van der Waals surface area contributed by atoms with Crippen molar-refractivity contribution in [3.05, 3.63) is 71.5 Å². The first kappa shape index (κ1) is 14.2. The van der Waals surface area contributed by atoms with Gasteiger partial charge in [0.15, 0.2) is 0 Å². The van der Waals surface area contributed by atoms with Gasteiger partial charge in [0.2, 0.25) is 0 Å². The van der Waals surface area contributed by atoms with E-state index in [1.807, 2.05) is 12.1 Å². The van der Waals surface area contributed by atoms with E-state index in [1.54, 1.807) is 12.1 Å². The molecule has 1 heterocycles. The molecule has 2 nitrogen and oxygen atoms in total. The van der Waals surface area contributed by atoms with Gasteiger partial charge in [-0.05, 0) is 29.7 Å². The van der Waals surface area contributed by atoms with E-state index in [4.69, 9.17) is 0 Å². The fourth-order valence-corrected chi connectivity index (χ4v) is 2.92. The first-order valence-corrected chi connectivity index (χ1v) is 7.54. The van der Waals surface area contributed by atoms with Crippen molar-refractivity contribution in [1.82, 2.24) is 10.2 Å². The van der Waals surface area contributed by atoms with Crippen LogP contribution in [0.4, 0.5) is 4.39 Å². The van der Waals surface area contributed by atoms with Crippen LogP contribution in [-0.4, -0.2) is 30.6 Å². The molecule has 0 spiro atoms. The Morgan fingerprint density at radius 2 is 1.76 bits per heavy atom. The number of hydrogen-bond acceptors (Lipinski definition) is 2. The summed E-state index contributed by atoms with van der Waals surface area (Å²) < 4.78 is 12.9. The Bertz CT molecular complexity index is 553. The van der Waals surface area contributed by atoms with Gasteiger partial charge in [0.1, 0.15) is 5.82 Å². The maximum atomic E-state index is 12.9. The van der Waals surface area contributed by atoms with E-state index < -0.39 is 0 Å². The van der Waals surface area contributed by atoms with Crippen molar-refractivity contribution in [2.75, 3.05) is 19.6 Å². The molecule has 3 rings (SSSR count). The second-order valence-electron chi connectivity index (χ2n) is 5.70. The van der Waals surface area contributed by atoms with Crippen LogP contribution in [-0.2, 0) is 13.0 Å². The summed E-state index contributed by atoms with van der Waals surface area (Å²) in [4.78, 5) is 2.49. The van der Waals surface area contributed by atoms with Gasteiger partial charge in [-0.1, -0.05) is 42.5 Å². The van der Waals surface area contributed by atoms with Gasteiger partial charge in [-0.25, -0.2) is 4.39 Å². The monoisotopic (exact) mass is 284 g/mol. The first-order chi connectivity index (χ1) is 10.3. The molecule has 1 atom stereocenters. The predicted molar refractivity (Wildman–Crippen MR) is 83.6 cm³/mol. The van der Waals surface area contributed by atoms with Crippen molar-refractivity contribution in [3.63, 3.8) is 0 Å². The molecule has 0 radical (unpaired) electrons. The van der Waals surface area contributed by atoms with E-state index in [9.17, 15) is 4.39 Å². The summed E-state index contributed by atoms with van der Waals surface area (Å²) in [6.07, 6.45) is 0.950. The first-order valence-electron chi connectivity index (χ1n) is 7.54. The lowest BCUT2D eigenvalue weighted by molar-refractivity contribution is 0.192. The van der Waals surface area contributed by atoms with E-state index in [0.717, 1.165) is 32.6 Å². The number of benzene rings is 2. The molecule has 110 valence electrons. The highest BCUT2D eigenvalue weighted by atomic mass is 19.1. The molecule has 1 N–H and O–H groups in total. The van der Waals surface area contributed by atoms with Crippen LogP contribution in [0.25, 0.3) is 0 Å². The van der Waals surface area contributed by atoms with E-state index in [1.165, 1.54) is 11.1 Å². The summed E-state index contributed by atoms with van der Waals surface area (Å²) in [5.74, 6) is -0.166. The Labute approximate surface area is 125 Å². The van der Waals surface area contributed by atoms with E-state index in [2.05, 4.69) is 40.5 Å². The molecule has 1 aliphatic rings. The lowest BCUT2D eigenvalue weighted by atomic mass is 10.0. The average Bonchev–Trinajstić information content (AvgIpc) is 2.51. The summed E-state index contributed by atoms with van der Waals surface area (Å²) in [6.45, 7) is 4.13. The third-order valence-corrected chi connectivity index (χ3v) is 3.98. The van der Waals surface area contributed by atoms with Gasteiger partial charge in [0.05, 0.1) is 0 Å². The normalized spacial score (nSPS) is 19.6. The lowest BCUT2D eigenvalue weighted by Crippen LogP contribution is -2.51. The number of rotatable bonds is 4. The molecular formula is C18H21FN2. The Hall–Kier alpha value is -1.71. The topological polar surface area (TPSA) is 15.3 Å². The van der Waals surface area contributed by atoms with Gasteiger partial charge in [-0.3, -0.25) is 4.90 Å². The van der Waals surface area contributed by atoms with E-state index in [0.29, 0.717) is 6.04 Å². The molecule has 0 aromatic heterocycles. The molecule has 2 aromatic carbocycles. The maximum Gasteiger partial charge on any atom is 0.123 e. The zero-order chi connectivity index (χ0) is 14.5. The molecule has 2 aromatic rings. The highest BCUT2D eigenvalue weighted by molar-refractivity contribution is 5.18. The second-order valence-corrected chi connectivity index (χ2v) is 5.70. The van der Waals surface area contributed by atoms with Crippen molar-refractivity contribution in [3.8, 4) is 0 Å². The van der Waals surface area contributed by atoms with Crippen LogP contribution in [0.2, 0.25) is 0 Å². The zero-order valence-electron chi connectivity index (χ0n) is 12.1. The van der Waals surface area contributed by atoms with Gasteiger partial charge in [-0.2, -0.15) is 0 Å². The molecule has 1 saturated heterocycles. The summed E-state index contributed by atoms with van der Waals surface area (Å²) in [5, 5.41) is 3.56. The Balaban J connectivity index is 1.57. The third kappa shape index (κ3) is 4.13. The standard InChI is InChI=1S/C18H21FN2/c19-17-8-6-15(7-9-17)12-18-14-21(11-10-20-18)13-16-4-2-1-3-5-16/h1-9,18,20H,10-14H2/t18-/m1/s1. The van der Waals surface area contributed by atoms with Crippen molar-refractivity contribution in [1.29, 1.82) is 0 Å². The Morgan fingerprint density at radius 3 is 2.52 bits per heavy atom. The molecule has 0 amide bonds. The largest absolute Gasteiger partial charge is 0.311 e. The number of piperazine rings is 1. The van der Waals surface area contributed by atoms with Crippen molar-refractivity contribution >= 4 is 0 Å². The Morgan fingerprint density at radius 1 is 1.00 bits per heavy atom. The highest BCUT2D eigenvalue weighted by Crippen LogP contribution is 2.11. The van der Waals surface area contributed by atoms with Crippen LogP contribution in [0, 0.1) is 5.82 Å². The van der Waals surface area contributed by atoms with Crippen molar-refractivity contribution in [2.45, 2.75) is 19.0 Å². The zero-order valence-corrected chi connectivity index (χ0v) is 12.1. The number of nitrogens with one attached hydrogen (secondary N) is 1. The van der Waals surface area contributed by atoms with Crippen LogP contribution in [0.3, 0.4) is 0 Å². The maximum absolute atomic E-state index is 12.9. The van der Waals surface area contributed by atoms with E-state index in [-0.39, 0.29) is 5.82 Å².